The molecule has 0 amide bonds. The lowest BCUT2D eigenvalue weighted by molar-refractivity contribution is 0.174. The third-order valence-electron chi connectivity index (χ3n) is 3.10. The van der Waals surface area contributed by atoms with Crippen LogP contribution in [0.1, 0.15) is 11.3 Å². The summed E-state index contributed by atoms with van der Waals surface area (Å²) >= 11 is 0. The van der Waals surface area contributed by atoms with Gasteiger partial charge in [0, 0.05) is 11.8 Å². The molecule has 1 N–H and O–H groups in total. The molecule has 1 aliphatic rings. The zero-order valence-electron chi connectivity index (χ0n) is 10.4. The molecule has 98 valence electrons. The molecule has 0 radical (unpaired) electrons. The first-order valence-electron chi connectivity index (χ1n) is 5.92. The number of ether oxygens (including phenoxy) is 2. The van der Waals surface area contributed by atoms with Gasteiger partial charge in [0.25, 0.3) is 5.56 Å². The molecule has 0 atom stereocenters. The van der Waals surface area contributed by atoms with Crippen LogP contribution in [0.2, 0.25) is 0 Å². The van der Waals surface area contributed by atoms with Crippen molar-refractivity contribution in [2.45, 2.75) is 13.5 Å². The first-order chi connectivity index (χ1) is 9.13. The van der Waals surface area contributed by atoms with Gasteiger partial charge in [0.05, 0.1) is 6.54 Å². The lowest BCUT2D eigenvalue weighted by Crippen LogP contribution is -2.21. The molecule has 0 fully saturated rings. The summed E-state index contributed by atoms with van der Waals surface area (Å²) in [4.78, 5) is 11.8. The predicted octanol–water partition coefficient (Wildman–Crippen LogP) is 1.64. The molecule has 1 aromatic heterocycles. The molecule has 5 heteroatoms. The van der Waals surface area contributed by atoms with E-state index in [2.05, 4.69) is 0 Å². The molecule has 0 bridgehead atoms. The minimum Gasteiger partial charge on any atom is -0.508 e. The molecular weight excluding hydrogens is 246 g/mol. The number of rotatable bonds is 2. The highest BCUT2D eigenvalue weighted by molar-refractivity contribution is 5.44. The van der Waals surface area contributed by atoms with E-state index in [0.717, 1.165) is 11.3 Å². The highest BCUT2D eigenvalue weighted by atomic mass is 16.7. The molecule has 5 nitrogen and oxygen atoms in total. The largest absolute Gasteiger partial charge is 0.508 e. The van der Waals surface area contributed by atoms with Gasteiger partial charge in [-0.2, -0.15) is 0 Å². The van der Waals surface area contributed by atoms with Crippen molar-refractivity contribution in [2.75, 3.05) is 6.79 Å². The van der Waals surface area contributed by atoms with Crippen LogP contribution in [0.3, 0.4) is 0 Å². The number of hydrogen-bond acceptors (Lipinski definition) is 4. The summed E-state index contributed by atoms with van der Waals surface area (Å²) in [5, 5.41) is 9.36. The predicted molar refractivity (Wildman–Crippen MR) is 68.8 cm³/mol. The Morgan fingerprint density at radius 1 is 1.21 bits per heavy atom. The van der Waals surface area contributed by atoms with E-state index >= 15 is 0 Å². The van der Waals surface area contributed by atoms with Gasteiger partial charge in [0.1, 0.15) is 5.75 Å². The molecule has 1 aliphatic heterocycles. The lowest BCUT2D eigenvalue weighted by atomic mass is 10.2. The standard InChI is InChI=1S/C14H13NO4/c1-9-4-11(16)6-14(17)15(9)7-10-2-3-12-13(5-10)19-8-18-12/h2-6,16H,7-8H2,1H3. The van der Waals surface area contributed by atoms with Crippen LogP contribution in [0.25, 0.3) is 0 Å². The van der Waals surface area contributed by atoms with Crippen molar-refractivity contribution < 1.29 is 14.6 Å². The van der Waals surface area contributed by atoms with Gasteiger partial charge in [0.15, 0.2) is 11.5 Å². The van der Waals surface area contributed by atoms with Crippen molar-refractivity contribution in [1.29, 1.82) is 0 Å². The Balaban J connectivity index is 1.96. The summed E-state index contributed by atoms with van der Waals surface area (Å²) in [5.41, 5.74) is 1.43. The fourth-order valence-electron chi connectivity index (χ4n) is 2.14. The Labute approximate surface area is 109 Å². The number of aryl methyl sites for hydroxylation is 1. The summed E-state index contributed by atoms with van der Waals surface area (Å²) in [6, 6.07) is 8.36. The van der Waals surface area contributed by atoms with Crippen LogP contribution in [0.4, 0.5) is 0 Å². The van der Waals surface area contributed by atoms with Crippen molar-refractivity contribution in [3.63, 3.8) is 0 Å². The monoisotopic (exact) mass is 259 g/mol. The zero-order chi connectivity index (χ0) is 13.4. The second-order valence-electron chi connectivity index (χ2n) is 4.47. The quantitative estimate of drug-likeness (QED) is 0.890. The summed E-state index contributed by atoms with van der Waals surface area (Å²) in [6.07, 6.45) is 0. The van der Waals surface area contributed by atoms with Crippen molar-refractivity contribution in [3.8, 4) is 17.2 Å². The van der Waals surface area contributed by atoms with E-state index in [1.165, 1.54) is 6.07 Å². The number of benzene rings is 1. The van der Waals surface area contributed by atoms with E-state index < -0.39 is 0 Å². The Hall–Kier alpha value is -2.43. The minimum absolute atomic E-state index is 0.00978. The molecule has 2 heterocycles. The van der Waals surface area contributed by atoms with Gasteiger partial charge in [-0.05, 0) is 30.7 Å². The fourth-order valence-corrected chi connectivity index (χ4v) is 2.14. The normalized spacial score (nSPS) is 12.7. The van der Waals surface area contributed by atoms with Crippen molar-refractivity contribution in [2.24, 2.45) is 0 Å². The maximum atomic E-state index is 11.8. The van der Waals surface area contributed by atoms with E-state index in [9.17, 15) is 9.90 Å². The van der Waals surface area contributed by atoms with Gasteiger partial charge >= 0.3 is 0 Å². The Morgan fingerprint density at radius 2 is 2.00 bits per heavy atom. The third-order valence-corrected chi connectivity index (χ3v) is 3.10. The molecule has 0 spiro atoms. The highest BCUT2D eigenvalue weighted by Gasteiger charge is 2.13. The topological polar surface area (TPSA) is 60.7 Å². The Morgan fingerprint density at radius 3 is 2.79 bits per heavy atom. The van der Waals surface area contributed by atoms with Crippen molar-refractivity contribution in [1.82, 2.24) is 4.57 Å². The molecular formula is C14H13NO4. The molecule has 0 saturated carbocycles. The van der Waals surface area contributed by atoms with Crippen LogP contribution in [-0.2, 0) is 6.54 Å². The number of aromatic hydroxyl groups is 1. The summed E-state index contributed by atoms with van der Waals surface area (Å²) in [7, 11) is 0. The molecule has 2 aromatic rings. The van der Waals surface area contributed by atoms with Gasteiger partial charge in [-0.15, -0.1) is 0 Å². The Bertz CT molecular complexity index is 690. The maximum Gasteiger partial charge on any atom is 0.254 e. The number of nitrogens with zero attached hydrogens (tertiary/aromatic N) is 1. The van der Waals surface area contributed by atoms with Crippen LogP contribution in [0, 0.1) is 6.92 Å². The van der Waals surface area contributed by atoms with Crippen LogP contribution in [0.5, 0.6) is 17.2 Å². The van der Waals surface area contributed by atoms with E-state index in [1.54, 1.807) is 17.6 Å². The zero-order valence-corrected chi connectivity index (χ0v) is 10.4. The Kier molecular flexibility index (Phi) is 2.67. The van der Waals surface area contributed by atoms with E-state index in [0.29, 0.717) is 18.0 Å². The van der Waals surface area contributed by atoms with E-state index in [1.807, 2.05) is 18.2 Å². The SMILES string of the molecule is Cc1cc(O)cc(=O)n1Cc1ccc2c(c1)OCO2. The van der Waals surface area contributed by atoms with Gasteiger partial charge in [-0.1, -0.05) is 6.07 Å². The smallest absolute Gasteiger partial charge is 0.254 e. The second kappa shape index (κ2) is 4.35. The van der Waals surface area contributed by atoms with Crippen LogP contribution < -0.4 is 15.0 Å². The fraction of sp³-hybridized carbons (Fsp3) is 0.214. The molecule has 0 saturated heterocycles. The van der Waals surface area contributed by atoms with Gasteiger partial charge in [0.2, 0.25) is 6.79 Å². The maximum absolute atomic E-state index is 11.8. The van der Waals surface area contributed by atoms with Crippen LogP contribution in [0.15, 0.2) is 35.1 Å². The summed E-state index contributed by atoms with van der Waals surface area (Å²) < 4.78 is 12.1. The van der Waals surface area contributed by atoms with Gasteiger partial charge in [-0.3, -0.25) is 4.79 Å². The van der Waals surface area contributed by atoms with Gasteiger partial charge < -0.3 is 19.1 Å². The molecule has 3 rings (SSSR count). The average molecular weight is 259 g/mol. The van der Waals surface area contributed by atoms with E-state index in [-0.39, 0.29) is 18.1 Å². The second-order valence-corrected chi connectivity index (χ2v) is 4.47. The average Bonchev–Trinajstić information content (AvgIpc) is 2.81. The highest BCUT2D eigenvalue weighted by Crippen LogP contribution is 2.32. The first kappa shape index (κ1) is 11.6. The summed E-state index contributed by atoms with van der Waals surface area (Å²) in [5.74, 6) is 1.41. The number of pyridine rings is 1. The lowest BCUT2D eigenvalue weighted by Gasteiger charge is -2.10. The molecule has 0 aliphatic carbocycles. The number of aromatic nitrogens is 1. The minimum atomic E-state index is -0.227. The van der Waals surface area contributed by atoms with Gasteiger partial charge in [-0.25, -0.2) is 0 Å². The third kappa shape index (κ3) is 2.14. The number of hydrogen-bond donors (Lipinski definition) is 1. The molecule has 0 unspecified atom stereocenters. The van der Waals surface area contributed by atoms with E-state index in [4.69, 9.17) is 9.47 Å². The molecule has 19 heavy (non-hydrogen) atoms. The van der Waals surface area contributed by atoms with Crippen molar-refractivity contribution >= 4 is 0 Å². The molecule has 1 aromatic carbocycles. The number of fused-ring (bicyclic) bond motifs is 1. The van der Waals surface area contributed by atoms with Crippen LogP contribution >= 0.6 is 0 Å². The first-order valence-corrected chi connectivity index (χ1v) is 5.92. The summed E-state index contributed by atoms with van der Waals surface area (Å²) in [6.45, 7) is 2.45. The van der Waals surface area contributed by atoms with Crippen molar-refractivity contribution in [3.05, 3.63) is 51.9 Å². The van der Waals surface area contributed by atoms with Crippen LogP contribution in [-0.4, -0.2) is 16.5 Å².